The van der Waals surface area contributed by atoms with Crippen molar-refractivity contribution in [2.24, 2.45) is 0 Å². The molecule has 0 bridgehead atoms. The molecule has 0 aliphatic carbocycles. The number of nitrogens with zero attached hydrogens (tertiary/aromatic N) is 5. The van der Waals surface area contributed by atoms with E-state index in [4.69, 9.17) is 0 Å². The Balaban J connectivity index is 2.21. The third-order valence-corrected chi connectivity index (χ3v) is 3.39. The van der Waals surface area contributed by atoms with Gasteiger partial charge in [-0.1, -0.05) is 0 Å². The summed E-state index contributed by atoms with van der Waals surface area (Å²) in [7, 11) is 3.96. The molecule has 0 atom stereocenters. The quantitative estimate of drug-likeness (QED) is 0.907. The van der Waals surface area contributed by atoms with Crippen LogP contribution in [-0.4, -0.2) is 50.9 Å². The number of hydrogen-bond donors (Lipinski definition) is 1. The highest BCUT2D eigenvalue weighted by atomic mass is 19.3. The van der Waals surface area contributed by atoms with Crippen LogP contribution in [0.2, 0.25) is 0 Å². The van der Waals surface area contributed by atoms with E-state index in [9.17, 15) is 8.78 Å². The third kappa shape index (κ3) is 2.84. The Bertz CT molecular complexity index is 593. The smallest absolute Gasteiger partial charge is 0.299 e. The maximum Gasteiger partial charge on any atom is 0.299 e. The van der Waals surface area contributed by atoms with Gasteiger partial charge in [0.25, 0.3) is 6.43 Å². The Labute approximate surface area is 115 Å². The topological polar surface area (TPSA) is 58.3 Å². The summed E-state index contributed by atoms with van der Waals surface area (Å²) in [4.78, 5) is 2.07. The first-order valence-corrected chi connectivity index (χ1v) is 6.23. The average Bonchev–Trinajstić information content (AvgIpc) is 2.79. The summed E-state index contributed by atoms with van der Waals surface area (Å²) in [5.74, 6) is 0.0599. The van der Waals surface area contributed by atoms with E-state index < -0.39 is 12.2 Å². The number of fused-ring (bicyclic) bond motifs is 1. The van der Waals surface area contributed by atoms with Crippen molar-refractivity contribution >= 4 is 11.5 Å². The van der Waals surface area contributed by atoms with Crippen LogP contribution in [0.4, 0.5) is 14.6 Å². The molecule has 20 heavy (non-hydrogen) atoms. The summed E-state index contributed by atoms with van der Waals surface area (Å²) in [5, 5.41) is 14.3. The van der Waals surface area contributed by atoms with Gasteiger partial charge in [-0.2, -0.15) is 4.52 Å². The fraction of sp³-hybridized carbons (Fsp3) is 0.583. The van der Waals surface area contributed by atoms with E-state index in [1.54, 1.807) is 12.1 Å². The molecule has 0 aliphatic rings. The minimum Gasteiger partial charge on any atom is -0.367 e. The molecular weight excluding hydrogens is 266 g/mol. The highest BCUT2D eigenvalue weighted by Gasteiger charge is 2.21. The van der Waals surface area contributed by atoms with Crippen LogP contribution in [0.1, 0.15) is 26.1 Å². The molecule has 2 aromatic rings. The highest BCUT2D eigenvalue weighted by molar-refractivity contribution is 5.44. The molecule has 0 aliphatic heterocycles. The first-order valence-electron chi connectivity index (χ1n) is 6.23. The fourth-order valence-corrected chi connectivity index (χ4v) is 1.50. The van der Waals surface area contributed by atoms with E-state index in [1.165, 1.54) is 0 Å². The van der Waals surface area contributed by atoms with Gasteiger partial charge in [0.15, 0.2) is 5.65 Å². The molecule has 2 aromatic heterocycles. The lowest BCUT2D eigenvalue weighted by Crippen LogP contribution is -2.44. The van der Waals surface area contributed by atoms with Gasteiger partial charge < -0.3 is 10.2 Å². The van der Waals surface area contributed by atoms with E-state index in [0.717, 1.165) is 4.52 Å². The molecule has 0 fully saturated rings. The molecule has 1 N–H and O–H groups in total. The number of likely N-dealkylation sites (N-methyl/N-ethyl adjacent to an activating group) is 1. The van der Waals surface area contributed by atoms with Crippen molar-refractivity contribution in [1.29, 1.82) is 0 Å². The van der Waals surface area contributed by atoms with E-state index in [1.807, 2.05) is 14.1 Å². The van der Waals surface area contributed by atoms with Crippen LogP contribution in [0.3, 0.4) is 0 Å². The van der Waals surface area contributed by atoms with Crippen LogP contribution < -0.4 is 5.32 Å². The van der Waals surface area contributed by atoms with Gasteiger partial charge in [-0.3, -0.25) is 0 Å². The average molecular weight is 284 g/mol. The van der Waals surface area contributed by atoms with Gasteiger partial charge in [0.05, 0.1) is 0 Å². The van der Waals surface area contributed by atoms with E-state index in [-0.39, 0.29) is 5.54 Å². The van der Waals surface area contributed by atoms with Crippen molar-refractivity contribution in [3.8, 4) is 0 Å². The minimum absolute atomic E-state index is 0.0879. The van der Waals surface area contributed by atoms with Crippen molar-refractivity contribution < 1.29 is 8.78 Å². The van der Waals surface area contributed by atoms with E-state index in [2.05, 4.69) is 39.4 Å². The van der Waals surface area contributed by atoms with Crippen molar-refractivity contribution in [3.05, 3.63) is 18.0 Å². The molecule has 110 valence electrons. The molecule has 2 heterocycles. The molecule has 0 spiro atoms. The molecule has 0 amide bonds. The largest absolute Gasteiger partial charge is 0.367 e. The van der Waals surface area contributed by atoms with Crippen LogP contribution >= 0.6 is 0 Å². The van der Waals surface area contributed by atoms with Crippen LogP contribution in [0, 0.1) is 0 Å². The van der Waals surface area contributed by atoms with Gasteiger partial charge in [-0.25, -0.2) is 8.78 Å². The number of nitrogens with one attached hydrogen (secondary N) is 1. The first-order chi connectivity index (χ1) is 9.31. The third-order valence-electron chi connectivity index (χ3n) is 3.39. The number of aromatic nitrogens is 4. The molecule has 0 aromatic carbocycles. The summed E-state index contributed by atoms with van der Waals surface area (Å²) in [5.41, 5.74) is 0.216. The van der Waals surface area contributed by atoms with E-state index in [0.29, 0.717) is 18.0 Å². The van der Waals surface area contributed by atoms with Crippen molar-refractivity contribution in [2.75, 3.05) is 26.0 Å². The standard InChI is InChI=1S/C12H18F2N6/c1-12(2,19(3)4)7-15-8-5-6-9-16-17-11(10(13)14)20(9)18-8/h5-6,10H,7H2,1-4H3,(H,15,18). The Hall–Kier alpha value is -1.83. The maximum atomic E-state index is 12.8. The van der Waals surface area contributed by atoms with Gasteiger partial charge in [0.1, 0.15) is 5.82 Å². The summed E-state index contributed by atoms with van der Waals surface area (Å²) in [6.07, 6.45) is -2.70. The van der Waals surface area contributed by atoms with Crippen molar-refractivity contribution in [1.82, 2.24) is 24.7 Å². The van der Waals surface area contributed by atoms with Gasteiger partial charge in [0, 0.05) is 12.1 Å². The first kappa shape index (κ1) is 14.6. The number of alkyl halides is 2. The fourth-order valence-electron chi connectivity index (χ4n) is 1.50. The normalized spacial score (nSPS) is 12.6. The zero-order valence-corrected chi connectivity index (χ0v) is 11.9. The zero-order chi connectivity index (χ0) is 14.9. The molecule has 6 nitrogen and oxygen atoms in total. The number of halogens is 2. The predicted molar refractivity (Wildman–Crippen MR) is 72.0 cm³/mol. The van der Waals surface area contributed by atoms with Gasteiger partial charge in [0.2, 0.25) is 5.82 Å². The van der Waals surface area contributed by atoms with Gasteiger partial charge in [-0.05, 0) is 40.1 Å². The second-order valence-electron chi connectivity index (χ2n) is 5.41. The lowest BCUT2D eigenvalue weighted by molar-refractivity contribution is 0.137. The molecule has 0 radical (unpaired) electrons. The van der Waals surface area contributed by atoms with Crippen molar-refractivity contribution in [2.45, 2.75) is 25.8 Å². The second kappa shape index (κ2) is 5.28. The van der Waals surface area contributed by atoms with Crippen molar-refractivity contribution in [3.63, 3.8) is 0 Å². The summed E-state index contributed by atoms with van der Waals surface area (Å²) >= 11 is 0. The van der Waals surface area contributed by atoms with Gasteiger partial charge in [-0.15, -0.1) is 15.3 Å². The van der Waals surface area contributed by atoms with Crippen LogP contribution in [-0.2, 0) is 0 Å². The molecule has 0 saturated carbocycles. The lowest BCUT2D eigenvalue weighted by Gasteiger charge is -2.32. The monoisotopic (exact) mass is 284 g/mol. The Morgan fingerprint density at radius 2 is 2.00 bits per heavy atom. The summed E-state index contributed by atoms with van der Waals surface area (Å²) in [6, 6.07) is 3.31. The predicted octanol–water partition coefficient (Wildman–Crippen LogP) is 1.81. The maximum absolute atomic E-state index is 12.8. The Morgan fingerprint density at radius 1 is 1.30 bits per heavy atom. The molecule has 0 saturated heterocycles. The minimum atomic E-state index is -2.70. The van der Waals surface area contributed by atoms with Crippen LogP contribution in [0.25, 0.3) is 5.65 Å². The molecule has 0 unspecified atom stereocenters. The molecule has 2 rings (SSSR count). The van der Waals surface area contributed by atoms with E-state index >= 15 is 0 Å². The number of anilines is 1. The number of rotatable bonds is 5. The SMILES string of the molecule is CN(C)C(C)(C)CNc1ccc2nnc(C(F)F)n2n1. The molecular formula is C12H18F2N6. The molecule has 8 heteroatoms. The second-order valence-corrected chi connectivity index (χ2v) is 5.41. The lowest BCUT2D eigenvalue weighted by atomic mass is 10.0. The highest BCUT2D eigenvalue weighted by Crippen LogP contribution is 2.18. The van der Waals surface area contributed by atoms with Crippen LogP contribution in [0.5, 0.6) is 0 Å². The Morgan fingerprint density at radius 3 is 2.60 bits per heavy atom. The number of hydrogen-bond acceptors (Lipinski definition) is 5. The summed E-state index contributed by atoms with van der Waals surface area (Å²) in [6.45, 7) is 4.77. The Kier molecular flexibility index (Phi) is 3.85. The summed E-state index contributed by atoms with van der Waals surface area (Å²) < 4.78 is 26.6. The van der Waals surface area contributed by atoms with Gasteiger partial charge >= 0.3 is 0 Å². The van der Waals surface area contributed by atoms with Crippen LogP contribution in [0.15, 0.2) is 12.1 Å². The zero-order valence-electron chi connectivity index (χ0n) is 11.9.